The maximum Gasteiger partial charge on any atom is 0.338 e. The number of hydrogen-bond acceptors (Lipinski definition) is 3. The van der Waals surface area contributed by atoms with Gasteiger partial charge in [0.2, 0.25) is 0 Å². The van der Waals surface area contributed by atoms with Crippen molar-refractivity contribution < 1.29 is 14.6 Å². The molecule has 0 radical (unpaired) electrons. The van der Waals surface area contributed by atoms with Crippen molar-refractivity contribution in [3.05, 3.63) is 29.8 Å². The van der Waals surface area contributed by atoms with E-state index in [2.05, 4.69) is 29.5 Å². The highest BCUT2D eigenvalue weighted by molar-refractivity contribution is 14.1. The summed E-state index contributed by atoms with van der Waals surface area (Å²) in [6.45, 7) is 2.73. The van der Waals surface area contributed by atoms with Gasteiger partial charge in [-0.05, 0) is 37.1 Å². The Hall–Kier alpha value is -0.780. The molecular weight excluding hydrogens is 379 g/mol. The van der Waals surface area contributed by atoms with Gasteiger partial charge in [-0.25, -0.2) is 4.79 Å². The molecule has 1 atom stereocenters. The Kier molecular flexibility index (Phi) is 9.46. The molecule has 1 rings (SSSR count). The van der Waals surface area contributed by atoms with Crippen molar-refractivity contribution in [2.24, 2.45) is 0 Å². The largest absolute Gasteiger partial charge is 0.508 e. The number of ether oxygens (including phenoxy) is 1. The molecule has 1 aromatic carbocycles. The number of carbonyl (C=O) groups is 1. The molecule has 0 saturated carbocycles. The lowest BCUT2D eigenvalue weighted by Gasteiger charge is -2.05. The smallest absolute Gasteiger partial charge is 0.338 e. The first-order chi connectivity index (χ1) is 10.1. The minimum absolute atomic E-state index is 0.156. The number of halogens is 1. The van der Waals surface area contributed by atoms with E-state index in [4.69, 9.17) is 9.84 Å². The number of aromatic hydroxyl groups is 1. The van der Waals surface area contributed by atoms with Gasteiger partial charge in [-0.1, -0.05) is 61.6 Å². The fraction of sp³-hybridized carbons (Fsp3) is 0.588. The molecule has 0 aliphatic carbocycles. The Labute approximate surface area is 141 Å². The van der Waals surface area contributed by atoms with Crippen molar-refractivity contribution in [2.75, 3.05) is 6.61 Å². The van der Waals surface area contributed by atoms with Gasteiger partial charge in [0, 0.05) is 3.92 Å². The molecule has 0 spiro atoms. The third-order valence-corrected chi connectivity index (χ3v) is 3.96. The number of unbranched alkanes of at least 4 members (excludes halogenated alkanes) is 5. The van der Waals surface area contributed by atoms with Crippen LogP contribution >= 0.6 is 22.6 Å². The van der Waals surface area contributed by atoms with E-state index in [9.17, 15) is 4.79 Å². The van der Waals surface area contributed by atoms with Crippen LogP contribution in [0.1, 0.15) is 62.2 Å². The number of alkyl halides is 1. The molecule has 0 fully saturated rings. The molecule has 3 nitrogen and oxygen atoms in total. The van der Waals surface area contributed by atoms with Crippen molar-refractivity contribution in [1.82, 2.24) is 0 Å². The van der Waals surface area contributed by atoms with Crippen LogP contribution in [-0.2, 0) is 4.74 Å². The highest BCUT2D eigenvalue weighted by Crippen LogP contribution is 2.13. The molecule has 1 unspecified atom stereocenters. The maximum atomic E-state index is 11.7. The Bertz CT molecular complexity index is 401. The van der Waals surface area contributed by atoms with Crippen LogP contribution in [0.3, 0.4) is 0 Å². The van der Waals surface area contributed by atoms with Gasteiger partial charge in [-0.3, -0.25) is 0 Å². The molecule has 0 bridgehead atoms. The molecule has 0 amide bonds. The third-order valence-electron chi connectivity index (χ3n) is 3.33. The average Bonchev–Trinajstić information content (AvgIpc) is 2.45. The predicted molar refractivity (Wildman–Crippen MR) is 94.2 cm³/mol. The molecule has 0 aliphatic heterocycles. The van der Waals surface area contributed by atoms with E-state index in [0.29, 0.717) is 12.2 Å². The topological polar surface area (TPSA) is 46.5 Å². The van der Waals surface area contributed by atoms with Crippen molar-refractivity contribution in [3.63, 3.8) is 0 Å². The van der Waals surface area contributed by atoms with E-state index in [1.807, 2.05) is 0 Å². The molecule has 1 aromatic rings. The lowest BCUT2D eigenvalue weighted by atomic mass is 10.1. The summed E-state index contributed by atoms with van der Waals surface area (Å²) < 4.78 is 5.99. The van der Waals surface area contributed by atoms with E-state index >= 15 is 0 Å². The second kappa shape index (κ2) is 10.9. The minimum atomic E-state index is -0.314. The van der Waals surface area contributed by atoms with Crippen LogP contribution in [0.2, 0.25) is 0 Å². The SMILES string of the molecule is CC(I)CCCCCCCCOC(=O)c1ccc(O)cc1. The molecule has 0 aromatic heterocycles. The standard InChI is InChI=1S/C17H25IO3/c1-14(18)8-6-4-2-3-5-7-13-21-17(20)15-9-11-16(19)12-10-15/h9-12,14,19H,2-8,13H2,1H3. The summed E-state index contributed by atoms with van der Waals surface area (Å²) in [4.78, 5) is 11.7. The first-order valence-electron chi connectivity index (χ1n) is 7.70. The Morgan fingerprint density at radius 1 is 1.10 bits per heavy atom. The summed E-state index contributed by atoms with van der Waals surface area (Å²) in [6, 6.07) is 6.14. The zero-order valence-corrected chi connectivity index (χ0v) is 14.8. The molecule has 118 valence electrons. The summed E-state index contributed by atoms with van der Waals surface area (Å²) in [5.74, 6) is -0.158. The van der Waals surface area contributed by atoms with E-state index in [1.165, 1.54) is 44.2 Å². The van der Waals surface area contributed by atoms with E-state index in [1.54, 1.807) is 12.1 Å². The van der Waals surface area contributed by atoms with E-state index < -0.39 is 0 Å². The van der Waals surface area contributed by atoms with Crippen LogP contribution in [0.4, 0.5) is 0 Å². The molecule has 0 aliphatic rings. The van der Waals surface area contributed by atoms with Crippen LogP contribution in [-0.4, -0.2) is 21.6 Å². The van der Waals surface area contributed by atoms with Gasteiger partial charge in [0.1, 0.15) is 5.75 Å². The number of benzene rings is 1. The zero-order valence-electron chi connectivity index (χ0n) is 12.7. The number of phenols is 1. The van der Waals surface area contributed by atoms with Gasteiger partial charge in [0.05, 0.1) is 12.2 Å². The number of esters is 1. The van der Waals surface area contributed by atoms with Crippen molar-refractivity contribution in [1.29, 1.82) is 0 Å². The van der Waals surface area contributed by atoms with Crippen LogP contribution < -0.4 is 0 Å². The summed E-state index contributed by atoms with van der Waals surface area (Å²) in [7, 11) is 0. The fourth-order valence-corrected chi connectivity index (χ4v) is 2.52. The summed E-state index contributed by atoms with van der Waals surface area (Å²) in [6.07, 6.45) is 8.46. The molecule has 0 heterocycles. The number of rotatable bonds is 10. The third kappa shape index (κ3) is 8.96. The molecule has 1 N–H and O–H groups in total. The van der Waals surface area contributed by atoms with Crippen LogP contribution in [0.5, 0.6) is 5.75 Å². The molecule has 21 heavy (non-hydrogen) atoms. The highest BCUT2D eigenvalue weighted by Gasteiger charge is 2.06. The van der Waals surface area contributed by atoms with Crippen LogP contribution in [0.25, 0.3) is 0 Å². The van der Waals surface area contributed by atoms with Gasteiger partial charge < -0.3 is 9.84 Å². The molecular formula is C17H25IO3. The van der Waals surface area contributed by atoms with Crippen molar-refractivity contribution in [2.45, 2.75) is 55.8 Å². The Morgan fingerprint density at radius 2 is 1.67 bits per heavy atom. The van der Waals surface area contributed by atoms with Gasteiger partial charge in [0.25, 0.3) is 0 Å². The lowest BCUT2D eigenvalue weighted by Crippen LogP contribution is -2.06. The number of carbonyl (C=O) groups excluding carboxylic acids is 1. The molecule has 4 heteroatoms. The second-order valence-corrected chi connectivity index (χ2v) is 7.50. The monoisotopic (exact) mass is 404 g/mol. The van der Waals surface area contributed by atoms with Gasteiger partial charge in [-0.15, -0.1) is 0 Å². The first-order valence-corrected chi connectivity index (χ1v) is 8.94. The highest BCUT2D eigenvalue weighted by atomic mass is 127. The Balaban J connectivity index is 1.99. The molecule has 0 saturated heterocycles. The van der Waals surface area contributed by atoms with Gasteiger partial charge in [0.15, 0.2) is 0 Å². The fourth-order valence-electron chi connectivity index (χ4n) is 2.08. The van der Waals surface area contributed by atoms with Crippen molar-refractivity contribution in [3.8, 4) is 5.75 Å². The zero-order chi connectivity index (χ0) is 15.5. The second-order valence-electron chi connectivity index (χ2n) is 5.37. The quantitative estimate of drug-likeness (QED) is 0.255. The summed E-state index contributed by atoms with van der Waals surface area (Å²) in [5, 5.41) is 9.15. The predicted octanol–water partition coefficient (Wildman–Crippen LogP) is 5.10. The first kappa shape index (κ1) is 18.3. The average molecular weight is 404 g/mol. The minimum Gasteiger partial charge on any atom is -0.508 e. The van der Waals surface area contributed by atoms with E-state index in [-0.39, 0.29) is 11.7 Å². The van der Waals surface area contributed by atoms with Crippen LogP contribution in [0.15, 0.2) is 24.3 Å². The summed E-state index contributed by atoms with van der Waals surface area (Å²) >= 11 is 2.47. The van der Waals surface area contributed by atoms with Gasteiger partial charge in [-0.2, -0.15) is 0 Å². The Morgan fingerprint density at radius 3 is 2.29 bits per heavy atom. The normalized spacial score (nSPS) is 12.1. The van der Waals surface area contributed by atoms with Gasteiger partial charge >= 0.3 is 5.97 Å². The van der Waals surface area contributed by atoms with Crippen LogP contribution in [0, 0.1) is 0 Å². The number of phenolic OH excluding ortho intramolecular Hbond substituents is 1. The van der Waals surface area contributed by atoms with E-state index in [0.717, 1.165) is 16.8 Å². The van der Waals surface area contributed by atoms with Crippen molar-refractivity contribution >= 4 is 28.6 Å². The maximum absolute atomic E-state index is 11.7. The number of hydrogen-bond donors (Lipinski definition) is 1. The lowest BCUT2D eigenvalue weighted by molar-refractivity contribution is 0.0497. The summed E-state index contributed by atoms with van der Waals surface area (Å²) in [5.41, 5.74) is 0.487.